The number of hydrogen-bond donors (Lipinski definition) is 0. The minimum Gasteiger partial charge on any atom is -0.310 e. The molecule has 0 aliphatic heterocycles. The second-order valence-electron chi connectivity index (χ2n) is 17.4. The fourth-order valence-electron chi connectivity index (χ4n) is 10.1. The van der Waals surface area contributed by atoms with Crippen LogP contribution >= 0.6 is 0 Å². The molecule has 0 radical (unpaired) electrons. The van der Waals surface area contributed by atoms with Crippen molar-refractivity contribution in [2.45, 2.75) is 38.5 Å². The molecule has 59 heavy (non-hydrogen) atoms. The summed E-state index contributed by atoms with van der Waals surface area (Å²) >= 11 is 0. The molecule has 0 atom stereocenters. The number of anilines is 3. The Hall–Kier alpha value is -6.96. The van der Waals surface area contributed by atoms with Crippen molar-refractivity contribution in [1.29, 1.82) is 0 Å². The van der Waals surface area contributed by atoms with Crippen LogP contribution in [0, 0.1) is 0 Å². The van der Waals surface area contributed by atoms with E-state index in [-0.39, 0.29) is 10.8 Å². The van der Waals surface area contributed by atoms with E-state index < -0.39 is 0 Å². The average molecular weight is 756 g/mol. The van der Waals surface area contributed by atoms with Crippen molar-refractivity contribution in [2.75, 3.05) is 4.90 Å². The Bertz CT molecular complexity index is 2950. The van der Waals surface area contributed by atoms with Gasteiger partial charge in [0.1, 0.15) is 0 Å². The van der Waals surface area contributed by atoms with Gasteiger partial charge < -0.3 is 4.90 Å². The van der Waals surface area contributed by atoms with Crippen LogP contribution in [0.1, 0.15) is 49.9 Å². The molecule has 0 unspecified atom stereocenters. The molecule has 2 aliphatic rings. The quantitative estimate of drug-likeness (QED) is 0.163. The number of nitrogens with zero attached hydrogens (tertiary/aromatic N) is 1. The van der Waals surface area contributed by atoms with E-state index in [4.69, 9.17) is 0 Å². The molecule has 0 saturated heterocycles. The summed E-state index contributed by atoms with van der Waals surface area (Å²) in [6.07, 6.45) is 0. The first kappa shape index (κ1) is 35.2. The maximum atomic E-state index is 2.42. The smallest absolute Gasteiger partial charge is 0.0467 e. The molecule has 9 aromatic carbocycles. The van der Waals surface area contributed by atoms with Crippen LogP contribution in [0.15, 0.2) is 200 Å². The van der Waals surface area contributed by atoms with Gasteiger partial charge in [-0.3, -0.25) is 0 Å². The lowest BCUT2D eigenvalue weighted by Crippen LogP contribution is -2.15. The van der Waals surface area contributed by atoms with Crippen LogP contribution < -0.4 is 4.90 Å². The zero-order valence-corrected chi connectivity index (χ0v) is 34.0. The van der Waals surface area contributed by atoms with E-state index in [0.717, 1.165) is 17.1 Å². The molecule has 0 amide bonds. The van der Waals surface area contributed by atoms with E-state index >= 15 is 0 Å². The highest BCUT2D eigenvalue weighted by atomic mass is 15.1. The van der Waals surface area contributed by atoms with Gasteiger partial charge >= 0.3 is 0 Å². The Morgan fingerprint density at radius 3 is 1.29 bits per heavy atom. The average Bonchev–Trinajstić information content (AvgIpc) is 3.65. The van der Waals surface area contributed by atoms with Crippen molar-refractivity contribution in [3.05, 3.63) is 222 Å². The third-order valence-electron chi connectivity index (χ3n) is 13.3. The van der Waals surface area contributed by atoms with E-state index in [1.165, 1.54) is 88.7 Å². The Kier molecular flexibility index (Phi) is 7.94. The van der Waals surface area contributed by atoms with Gasteiger partial charge in [0.2, 0.25) is 0 Å². The molecule has 0 bridgehead atoms. The molecule has 0 saturated carbocycles. The van der Waals surface area contributed by atoms with Gasteiger partial charge in [0.05, 0.1) is 0 Å². The first-order valence-corrected chi connectivity index (χ1v) is 20.8. The van der Waals surface area contributed by atoms with E-state index in [0.29, 0.717) is 0 Å². The fourth-order valence-corrected chi connectivity index (χ4v) is 10.1. The third-order valence-corrected chi connectivity index (χ3v) is 13.3. The molecular formula is C58H45N. The summed E-state index contributed by atoms with van der Waals surface area (Å²) in [4.78, 5) is 2.42. The standard InChI is InChI=1S/C58H45N/c1-57(2)53-24-9-7-21-49(53)51-32-28-42(36-55(51)57)40-16-11-18-45(34-40)59(44-30-26-39(27-31-44)48-23-13-15-38-14-5-6-20-47(38)48)46-19-12-17-41(35-46)43-29-33-52-50-22-8-10-25-54(50)58(3,4)56(52)37-43/h5-37H,1-4H3. The van der Waals surface area contributed by atoms with Gasteiger partial charge in [-0.15, -0.1) is 0 Å². The summed E-state index contributed by atoms with van der Waals surface area (Å²) in [5.74, 6) is 0. The maximum absolute atomic E-state index is 2.42. The SMILES string of the molecule is CC1(C)c2ccccc2-c2ccc(-c3cccc(N(c4ccc(-c5cccc6ccccc56)cc4)c4cccc(-c5ccc6c(c5)C(C)(C)c5ccccc5-6)c4)c3)cc21. The fraction of sp³-hybridized carbons (Fsp3) is 0.103. The molecule has 1 nitrogen and oxygen atoms in total. The summed E-state index contributed by atoms with van der Waals surface area (Å²) in [7, 11) is 0. The van der Waals surface area contributed by atoms with Crippen LogP contribution in [0.2, 0.25) is 0 Å². The van der Waals surface area contributed by atoms with Crippen molar-refractivity contribution in [3.8, 4) is 55.6 Å². The van der Waals surface area contributed by atoms with Crippen LogP contribution in [0.25, 0.3) is 66.4 Å². The molecule has 0 N–H and O–H groups in total. The first-order chi connectivity index (χ1) is 28.8. The van der Waals surface area contributed by atoms with Crippen molar-refractivity contribution >= 4 is 27.8 Å². The monoisotopic (exact) mass is 755 g/mol. The van der Waals surface area contributed by atoms with Crippen LogP contribution in [-0.2, 0) is 10.8 Å². The second kappa shape index (κ2) is 13.3. The first-order valence-electron chi connectivity index (χ1n) is 20.8. The molecule has 282 valence electrons. The van der Waals surface area contributed by atoms with E-state index in [1.54, 1.807) is 0 Å². The highest BCUT2D eigenvalue weighted by molar-refractivity contribution is 5.97. The molecular weight excluding hydrogens is 711 g/mol. The van der Waals surface area contributed by atoms with Crippen molar-refractivity contribution < 1.29 is 0 Å². The summed E-state index contributed by atoms with van der Waals surface area (Å²) < 4.78 is 0. The van der Waals surface area contributed by atoms with Gasteiger partial charge in [0, 0.05) is 27.9 Å². The second-order valence-corrected chi connectivity index (χ2v) is 17.4. The molecule has 1 heteroatoms. The largest absolute Gasteiger partial charge is 0.310 e. The Balaban J connectivity index is 1.02. The lowest BCUT2D eigenvalue weighted by Gasteiger charge is -2.27. The van der Waals surface area contributed by atoms with Crippen LogP contribution in [-0.4, -0.2) is 0 Å². The van der Waals surface area contributed by atoms with Gasteiger partial charge in [-0.2, -0.15) is 0 Å². The van der Waals surface area contributed by atoms with Gasteiger partial charge in [-0.1, -0.05) is 179 Å². The summed E-state index contributed by atoms with van der Waals surface area (Å²) in [6, 6.07) is 74.3. The predicted octanol–water partition coefficient (Wildman–Crippen LogP) is 15.9. The molecule has 2 aliphatic carbocycles. The van der Waals surface area contributed by atoms with Crippen molar-refractivity contribution in [3.63, 3.8) is 0 Å². The summed E-state index contributed by atoms with van der Waals surface area (Å²) in [5.41, 5.74) is 21.5. The molecule has 0 aromatic heterocycles. The molecule has 0 spiro atoms. The predicted molar refractivity (Wildman–Crippen MR) is 250 cm³/mol. The third kappa shape index (κ3) is 5.60. The summed E-state index contributed by atoms with van der Waals surface area (Å²) in [5, 5.41) is 2.52. The van der Waals surface area contributed by atoms with E-state index in [2.05, 4.69) is 233 Å². The maximum Gasteiger partial charge on any atom is 0.0467 e. The highest BCUT2D eigenvalue weighted by Crippen LogP contribution is 2.51. The van der Waals surface area contributed by atoms with E-state index in [1.807, 2.05) is 0 Å². The van der Waals surface area contributed by atoms with Crippen molar-refractivity contribution in [1.82, 2.24) is 0 Å². The normalized spacial score (nSPS) is 14.0. The molecule has 9 aromatic rings. The Labute approximate surface area is 347 Å². The summed E-state index contributed by atoms with van der Waals surface area (Å²) in [6.45, 7) is 9.43. The lowest BCUT2D eigenvalue weighted by molar-refractivity contribution is 0.660. The van der Waals surface area contributed by atoms with Crippen molar-refractivity contribution in [2.24, 2.45) is 0 Å². The zero-order valence-electron chi connectivity index (χ0n) is 34.0. The van der Waals surface area contributed by atoms with Gasteiger partial charge in [-0.05, 0) is 137 Å². The van der Waals surface area contributed by atoms with Crippen LogP contribution in [0.3, 0.4) is 0 Å². The number of rotatable bonds is 6. The van der Waals surface area contributed by atoms with Gasteiger partial charge in [-0.25, -0.2) is 0 Å². The lowest BCUT2D eigenvalue weighted by atomic mass is 9.81. The molecule has 0 fully saturated rings. The Morgan fingerprint density at radius 2 is 0.712 bits per heavy atom. The number of benzene rings is 9. The van der Waals surface area contributed by atoms with Gasteiger partial charge in [0.25, 0.3) is 0 Å². The minimum atomic E-state index is -0.0621. The van der Waals surface area contributed by atoms with Crippen LogP contribution in [0.5, 0.6) is 0 Å². The zero-order chi connectivity index (χ0) is 39.9. The molecule has 11 rings (SSSR count). The van der Waals surface area contributed by atoms with E-state index in [9.17, 15) is 0 Å². The molecule has 0 heterocycles. The number of fused-ring (bicyclic) bond motifs is 7. The number of hydrogen-bond acceptors (Lipinski definition) is 1. The highest BCUT2D eigenvalue weighted by Gasteiger charge is 2.36. The van der Waals surface area contributed by atoms with Gasteiger partial charge in [0.15, 0.2) is 0 Å². The topological polar surface area (TPSA) is 3.24 Å². The Morgan fingerprint density at radius 1 is 0.288 bits per heavy atom. The minimum absolute atomic E-state index is 0.0621. The van der Waals surface area contributed by atoms with Crippen LogP contribution in [0.4, 0.5) is 17.1 Å².